The van der Waals surface area contributed by atoms with Gasteiger partial charge in [0.05, 0.1) is 11.6 Å². The van der Waals surface area contributed by atoms with E-state index in [0.29, 0.717) is 45.1 Å². The van der Waals surface area contributed by atoms with E-state index in [1.807, 2.05) is 45.7 Å². The number of alkyl carbamates (subject to hydrolysis) is 1. The topological polar surface area (TPSA) is 118 Å². The van der Waals surface area contributed by atoms with Gasteiger partial charge in [-0.2, -0.15) is 5.10 Å². The predicted molar refractivity (Wildman–Crippen MR) is 167 cm³/mol. The lowest BCUT2D eigenvalue weighted by Crippen LogP contribution is -2.49. The molecule has 3 unspecified atom stereocenters. The highest BCUT2D eigenvalue weighted by Crippen LogP contribution is 2.48. The minimum absolute atomic E-state index is 0.00439. The summed E-state index contributed by atoms with van der Waals surface area (Å²) < 4.78 is 13.2. The lowest BCUT2D eigenvalue weighted by Gasteiger charge is -2.43. The van der Waals surface area contributed by atoms with Gasteiger partial charge in [-0.15, -0.1) is 0 Å². The number of aromatic nitrogens is 2. The molecule has 3 atom stereocenters. The molecule has 0 spiro atoms. The van der Waals surface area contributed by atoms with Crippen LogP contribution in [-0.4, -0.2) is 91.5 Å². The molecule has 0 saturated carbocycles. The molecule has 1 aliphatic heterocycles. The normalized spacial score (nSPS) is 21.8. The van der Waals surface area contributed by atoms with Crippen molar-refractivity contribution in [3.63, 3.8) is 0 Å². The van der Waals surface area contributed by atoms with Crippen LogP contribution in [0.3, 0.4) is 0 Å². The van der Waals surface area contributed by atoms with Gasteiger partial charge in [0.2, 0.25) is 11.8 Å². The molecule has 2 N–H and O–H groups in total. The molecule has 0 aromatic carbocycles. The van der Waals surface area contributed by atoms with E-state index >= 15 is 0 Å². The molecule has 1 saturated heterocycles. The van der Waals surface area contributed by atoms with Crippen molar-refractivity contribution in [1.29, 1.82) is 0 Å². The molecule has 242 valence electrons. The lowest BCUT2D eigenvalue weighted by atomic mass is 9.62. The third-order valence-electron chi connectivity index (χ3n) is 8.86. The molecule has 3 rings (SSSR count). The van der Waals surface area contributed by atoms with Crippen LogP contribution in [0.1, 0.15) is 84.2 Å². The fourth-order valence-corrected chi connectivity index (χ4v) is 5.81. The number of ether oxygens (including phenoxy) is 2. The maximum Gasteiger partial charge on any atom is 0.406 e. The summed E-state index contributed by atoms with van der Waals surface area (Å²) in [4.78, 5) is 42.8. The van der Waals surface area contributed by atoms with Crippen molar-refractivity contribution in [1.82, 2.24) is 30.2 Å². The van der Waals surface area contributed by atoms with Crippen molar-refractivity contribution in [2.45, 2.75) is 79.5 Å². The second kappa shape index (κ2) is 15.7. The first-order valence-electron chi connectivity index (χ1n) is 15.8. The van der Waals surface area contributed by atoms with Crippen LogP contribution < -0.4 is 10.6 Å². The van der Waals surface area contributed by atoms with E-state index in [4.69, 9.17) is 14.6 Å². The zero-order valence-corrected chi connectivity index (χ0v) is 27.6. The number of hydrogen-bond acceptors (Lipinski definition) is 7. The molecular formula is C32H54N6O5. The Kier molecular flexibility index (Phi) is 12.6. The van der Waals surface area contributed by atoms with E-state index in [9.17, 15) is 14.4 Å². The number of likely N-dealkylation sites (N-methyl/N-ethyl adjacent to an activating group) is 1. The zero-order valence-electron chi connectivity index (χ0n) is 27.6. The zero-order chi connectivity index (χ0) is 31.7. The van der Waals surface area contributed by atoms with E-state index in [1.165, 1.54) is 7.05 Å². The fraction of sp³-hybridized carbons (Fsp3) is 0.750. The van der Waals surface area contributed by atoms with Crippen LogP contribution in [0.5, 0.6) is 0 Å². The number of allylic oxidation sites excluding steroid dienone is 1. The molecule has 43 heavy (non-hydrogen) atoms. The highest BCUT2D eigenvalue weighted by atomic mass is 16.5. The van der Waals surface area contributed by atoms with Crippen LogP contribution in [0, 0.1) is 23.2 Å². The molecule has 2 heterocycles. The van der Waals surface area contributed by atoms with E-state index < -0.39 is 23.3 Å². The quantitative estimate of drug-likeness (QED) is 0.350. The number of rotatable bonds is 13. The van der Waals surface area contributed by atoms with Crippen molar-refractivity contribution in [2.24, 2.45) is 23.2 Å². The average Bonchev–Trinajstić information content (AvgIpc) is 3.39. The van der Waals surface area contributed by atoms with Crippen molar-refractivity contribution in [3.8, 4) is 0 Å². The van der Waals surface area contributed by atoms with Crippen molar-refractivity contribution in [3.05, 3.63) is 23.5 Å². The number of carbonyl (C=O) groups excluding carboxylic acids is 3. The summed E-state index contributed by atoms with van der Waals surface area (Å²) in [6.45, 7) is 13.5. The summed E-state index contributed by atoms with van der Waals surface area (Å²) in [5.41, 5.74) is 2.10. The third kappa shape index (κ3) is 9.04. The van der Waals surface area contributed by atoms with Crippen LogP contribution in [0.15, 0.2) is 12.3 Å². The van der Waals surface area contributed by atoms with E-state index in [0.717, 1.165) is 42.5 Å². The second-order valence-electron chi connectivity index (χ2n) is 13.0. The smallest absolute Gasteiger partial charge is 0.406 e. The fourth-order valence-electron chi connectivity index (χ4n) is 5.81. The van der Waals surface area contributed by atoms with Gasteiger partial charge in [0, 0.05) is 64.6 Å². The maximum absolute atomic E-state index is 13.8. The Morgan fingerprint density at radius 1 is 1.23 bits per heavy atom. The van der Waals surface area contributed by atoms with E-state index in [1.54, 1.807) is 4.90 Å². The van der Waals surface area contributed by atoms with Crippen LogP contribution in [0.25, 0.3) is 5.57 Å². The number of carbonyl (C=O) groups is 3. The van der Waals surface area contributed by atoms with Gasteiger partial charge in [-0.25, -0.2) is 9.48 Å². The van der Waals surface area contributed by atoms with Crippen LogP contribution >= 0.6 is 0 Å². The second-order valence-corrected chi connectivity index (χ2v) is 13.0. The molecule has 0 radical (unpaired) electrons. The minimum Gasteiger partial charge on any atom is -0.448 e. The summed E-state index contributed by atoms with van der Waals surface area (Å²) in [7, 11) is 5.32. The van der Waals surface area contributed by atoms with Gasteiger partial charge in [0.15, 0.2) is 0 Å². The molecule has 11 heteroatoms. The van der Waals surface area contributed by atoms with Crippen LogP contribution in [-0.2, 0) is 25.6 Å². The largest absolute Gasteiger partial charge is 0.448 e. The van der Waals surface area contributed by atoms with Gasteiger partial charge in [-0.1, -0.05) is 33.8 Å². The third-order valence-corrected chi connectivity index (χ3v) is 8.86. The van der Waals surface area contributed by atoms with Crippen LogP contribution in [0.2, 0.25) is 0 Å². The Hall–Kier alpha value is -2.92. The molecule has 1 aromatic heterocycles. The molecule has 0 bridgehead atoms. The molecule has 1 aromatic rings. The van der Waals surface area contributed by atoms with E-state index in [-0.39, 0.29) is 24.6 Å². The Labute approximate surface area is 257 Å². The maximum atomic E-state index is 13.8. The Balaban J connectivity index is 2.00. The summed E-state index contributed by atoms with van der Waals surface area (Å²) in [5.74, 6) is -0.418. The summed E-state index contributed by atoms with van der Waals surface area (Å²) >= 11 is 0. The SMILES string of the molecule is CCN(C)C(=O)C1C=C(c2nn(C3CCCCO3)cc2CN(C)CCOC(=O)NC)CC(C(=O)NCCC(C)C)C1(C)C. The number of nitrogens with zero attached hydrogens (tertiary/aromatic N) is 4. The Morgan fingerprint density at radius 2 is 1.98 bits per heavy atom. The molecule has 3 amide bonds. The first kappa shape index (κ1) is 34.6. The highest BCUT2D eigenvalue weighted by Gasteiger charge is 2.48. The molecule has 1 fully saturated rings. The molecular weight excluding hydrogens is 548 g/mol. The Morgan fingerprint density at radius 3 is 2.60 bits per heavy atom. The van der Waals surface area contributed by atoms with Gasteiger partial charge in [-0.05, 0) is 63.0 Å². The van der Waals surface area contributed by atoms with Crippen molar-refractivity contribution in [2.75, 3.05) is 54.0 Å². The summed E-state index contributed by atoms with van der Waals surface area (Å²) in [6.07, 6.45) is 7.85. The van der Waals surface area contributed by atoms with Crippen molar-refractivity contribution < 1.29 is 23.9 Å². The average molecular weight is 603 g/mol. The van der Waals surface area contributed by atoms with Crippen molar-refractivity contribution >= 4 is 23.5 Å². The molecule has 1 aliphatic carbocycles. The van der Waals surface area contributed by atoms with Gasteiger partial charge < -0.3 is 25.0 Å². The molecule has 2 aliphatic rings. The minimum atomic E-state index is -0.588. The number of amides is 3. The first-order valence-corrected chi connectivity index (χ1v) is 15.8. The van der Waals surface area contributed by atoms with Gasteiger partial charge in [0.1, 0.15) is 12.8 Å². The number of nitrogens with one attached hydrogen (secondary N) is 2. The van der Waals surface area contributed by atoms with Gasteiger partial charge in [0.25, 0.3) is 0 Å². The van der Waals surface area contributed by atoms with E-state index in [2.05, 4.69) is 35.5 Å². The summed E-state index contributed by atoms with van der Waals surface area (Å²) in [5, 5.41) is 10.7. The monoisotopic (exact) mass is 602 g/mol. The van der Waals surface area contributed by atoms with Gasteiger partial charge in [-0.3, -0.25) is 14.5 Å². The highest BCUT2D eigenvalue weighted by molar-refractivity contribution is 5.89. The predicted octanol–water partition coefficient (Wildman–Crippen LogP) is 4.06. The van der Waals surface area contributed by atoms with Crippen LogP contribution in [0.4, 0.5) is 4.79 Å². The van der Waals surface area contributed by atoms with Gasteiger partial charge >= 0.3 is 6.09 Å². The summed E-state index contributed by atoms with van der Waals surface area (Å²) in [6, 6.07) is 0. The number of hydrogen-bond donors (Lipinski definition) is 2. The lowest BCUT2D eigenvalue weighted by molar-refractivity contribution is -0.140. The first-order chi connectivity index (χ1) is 20.4. The Bertz CT molecular complexity index is 1120. The molecule has 11 nitrogen and oxygen atoms in total. The standard InChI is InChI=1S/C32H54N6O5/c1-9-37(8)30(40)26-19-23(18-25(32(26,4)5)29(39)34-14-13-22(2)3)28-24(20-36(7)15-17-43-31(41)33-6)21-38(35-28)27-12-10-11-16-42-27/h19,21-22,25-27H,9-18,20H2,1-8H3,(H,33,41)(H,34,39).